The van der Waals surface area contributed by atoms with Gasteiger partial charge >= 0.3 is 17.9 Å². The molecule has 0 radical (unpaired) electrons. The summed E-state index contributed by atoms with van der Waals surface area (Å²) in [5, 5.41) is 0. The fourth-order valence-electron chi connectivity index (χ4n) is 6.72. The first-order valence-electron chi connectivity index (χ1n) is 25.3. The lowest BCUT2D eigenvalue weighted by Gasteiger charge is -2.18. The molecule has 62 heavy (non-hydrogen) atoms. The summed E-state index contributed by atoms with van der Waals surface area (Å²) in [6.07, 6.45) is 65.4. The highest BCUT2D eigenvalue weighted by Crippen LogP contribution is 2.15. The van der Waals surface area contributed by atoms with Crippen LogP contribution in [0.1, 0.15) is 220 Å². The Morgan fingerprint density at radius 2 is 0.726 bits per heavy atom. The maximum Gasteiger partial charge on any atom is 0.306 e. The van der Waals surface area contributed by atoms with Crippen molar-refractivity contribution in [2.45, 2.75) is 226 Å². The average molecular weight is 861 g/mol. The molecule has 0 aliphatic heterocycles. The summed E-state index contributed by atoms with van der Waals surface area (Å²) >= 11 is 0. The third-order valence-corrected chi connectivity index (χ3v) is 10.5. The second kappa shape index (κ2) is 50.0. The SMILES string of the molecule is CC\C=C/C=C\C=C/C=C\C=C/CCCC(=O)OCC(COC(=O)CCCCCCCC/C=C\C/C=C\C/C=C\CC)OC(=O)CCCCCCCCCCCCCCCCC. The highest BCUT2D eigenvalue weighted by molar-refractivity contribution is 5.71. The lowest BCUT2D eigenvalue weighted by atomic mass is 10.0. The van der Waals surface area contributed by atoms with Gasteiger partial charge in [0.25, 0.3) is 0 Å². The third-order valence-electron chi connectivity index (χ3n) is 10.5. The zero-order valence-corrected chi connectivity index (χ0v) is 40.1. The predicted octanol–water partition coefficient (Wildman–Crippen LogP) is 16.6. The van der Waals surface area contributed by atoms with Gasteiger partial charge in [0.1, 0.15) is 13.2 Å². The molecule has 0 bridgehead atoms. The Balaban J connectivity index is 4.49. The van der Waals surface area contributed by atoms with Gasteiger partial charge in [-0.05, 0) is 64.2 Å². The molecule has 0 aromatic rings. The van der Waals surface area contributed by atoms with E-state index in [4.69, 9.17) is 14.2 Å². The summed E-state index contributed by atoms with van der Waals surface area (Å²) in [6.45, 7) is 6.30. The van der Waals surface area contributed by atoms with Crippen molar-refractivity contribution in [3.05, 3.63) is 97.2 Å². The zero-order chi connectivity index (χ0) is 45.1. The van der Waals surface area contributed by atoms with Crippen molar-refractivity contribution in [3.63, 3.8) is 0 Å². The number of carbonyl (C=O) groups excluding carboxylic acids is 3. The fourth-order valence-corrected chi connectivity index (χ4v) is 6.72. The number of allylic oxidation sites excluding steroid dienone is 16. The molecule has 0 amide bonds. The Hall–Kier alpha value is -3.67. The minimum absolute atomic E-state index is 0.106. The first-order valence-corrected chi connectivity index (χ1v) is 25.3. The van der Waals surface area contributed by atoms with Crippen LogP contribution in [-0.4, -0.2) is 37.2 Å². The van der Waals surface area contributed by atoms with Crippen molar-refractivity contribution < 1.29 is 28.6 Å². The summed E-state index contributed by atoms with van der Waals surface area (Å²) in [7, 11) is 0. The number of carbonyl (C=O) groups is 3. The van der Waals surface area contributed by atoms with E-state index in [1.54, 1.807) is 0 Å². The van der Waals surface area contributed by atoms with E-state index in [0.29, 0.717) is 19.3 Å². The number of esters is 3. The van der Waals surface area contributed by atoms with Crippen molar-refractivity contribution in [2.75, 3.05) is 13.2 Å². The lowest BCUT2D eigenvalue weighted by molar-refractivity contribution is -0.167. The molecule has 0 aliphatic rings. The highest BCUT2D eigenvalue weighted by Gasteiger charge is 2.19. The van der Waals surface area contributed by atoms with Crippen molar-refractivity contribution in [1.29, 1.82) is 0 Å². The van der Waals surface area contributed by atoms with Crippen LogP contribution in [0.2, 0.25) is 0 Å². The number of hydrogen-bond donors (Lipinski definition) is 0. The molecule has 0 rings (SSSR count). The standard InChI is InChI=1S/C56H92O6/c1-4-7-10-13-16-19-22-25-27-29-31-34-37-40-43-46-49-55(58)61-52-53(51-60-54(57)48-45-42-39-36-33-30-24-21-18-15-12-9-6-3)62-56(59)50-47-44-41-38-35-32-28-26-23-20-17-14-11-8-5-2/h7,9-10,12,15-16,18-19,21,24-25,27,30,33,36,39,53H,4-6,8,11,13-14,17,20,22-23,26,28-29,31-32,34-35,37-38,40-52H2,1-3H3/b10-7-,12-9-,18-15-,19-16-,24-21-,27-25-,33-30-,39-36-. The van der Waals surface area contributed by atoms with Crippen LogP contribution in [0.25, 0.3) is 0 Å². The second-order valence-corrected chi connectivity index (χ2v) is 16.4. The van der Waals surface area contributed by atoms with E-state index < -0.39 is 6.10 Å². The maximum absolute atomic E-state index is 12.8. The molecule has 6 heteroatoms. The molecule has 0 aromatic carbocycles. The summed E-state index contributed by atoms with van der Waals surface area (Å²) in [6, 6.07) is 0. The van der Waals surface area contributed by atoms with Gasteiger partial charge < -0.3 is 14.2 Å². The molecule has 1 atom stereocenters. The molecule has 1 unspecified atom stereocenters. The number of unbranched alkanes of at least 4 members (excludes halogenated alkanes) is 21. The van der Waals surface area contributed by atoms with E-state index in [1.165, 1.54) is 89.9 Å². The van der Waals surface area contributed by atoms with Gasteiger partial charge in [0.15, 0.2) is 6.10 Å². The van der Waals surface area contributed by atoms with Crippen molar-refractivity contribution in [3.8, 4) is 0 Å². The Labute approximate surface area is 381 Å². The predicted molar refractivity (Wildman–Crippen MR) is 265 cm³/mol. The summed E-state index contributed by atoms with van der Waals surface area (Å²) in [5.41, 5.74) is 0. The van der Waals surface area contributed by atoms with Gasteiger partial charge in [-0.1, -0.05) is 234 Å². The lowest BCUT2D eigenvalue weighted by Crippen LogP contribution is -2.30. The molecule has 0 aliphatic carbocycles. The van der Waals surface area contributed by atoms with Gasteiger partial charge in [0.2, 0.25) is 0 Å². The highest BCUT2D eigenvalue weighted by atomic mass is 16.6. The molecule has 6 nitrogen and oxygen atoms in total. The molecular formula is C56H92O6. The van der Waals surface area contributed by atoms with Gasteiger partial charge in [0.05, 0.1) is 0 Å². The number of ether oxygens (including phenoxy) is 3. The topological polar surface area (TPSA) is 78.9 Å². The quantitative estimate of drug-likeness (QED) is 0.0200. The van der Waals surface area contributed by atoms with Gasteiger partial charge in [-0.15, -0.1) is 0 Å². The van der Waals surface area contributed by atoms with Gasteiger partial charge in [-0.3, -0.25) is 14.4 Å². The number of rotatable bonds is 44. The van der Waals surface area contributed by atoms with Gasteiger partial charge in [-0.25, -0.2) is 0 Å². The van der Waals surface area contributed by atoms with Gasteiger partial charge in [0, 0.05) is 19.3 Å². The van der Waals surface area contributed by atoms with Crippen LogP contribution < -0.4 is 0 Å². The monoisotopic (exact) mass is 861 g/mol. The largest absolute Gasteiger partial charge is 0.462 e. The van der Waals surface area contributed by atoms with Crippen LogP contribution in [0.5, 0.6) is 0 Å². The van der Waals surface area contributed by atoms with E-state index in [0.717, 1.165) is 83.5 Å². The average Bonchev–Trinajstić information content (AvgIpc) is 3.27. The normalized spacial score (nSPS) is 12.9. The molecular weight excluding hydrogens is 769 g/mol. The molecule has 0 N–H and O–H groups in total. The van der Waals surface area contributed by atoms with Crippen molar-refractivity contribution >= 4 is 17.9 Å². The Kier molecular flexibility index (Phi) is 47.0. The molecule has 0 saturated carbocycles. The molecule has 352 valence electrons. The van der Waals surface area contributed by atoms with Crippen molar-refractivity contribution in [2.24, 2.45) is 0 Å². The van der Waals surface area contributed by atoms with Crippen LogP contribution in [0.3, 0.4) is 0 Å². The van der Waals surface area contributed by atoms with Gasteiger partial charge in [-0.2, -0.15) is 0 Å². The first kappa shape index (κ1) is 58.3. The summed E-state index contributed by atoms with van der Waals surface area (Å²) < 4.78 is 16.7. The van der Waals surface area contributed by atoms with E-state index >= 15 is 0 Å². The Morgan fingerprint density at radius 3 is 1.23 bits per heavy atom. The Bertz CT molecular complexity index is 1260. The van der Waals surface area contributed by atoms with Crippen molar-refractivity contribution in [1.82, 2.24) is 0 Å². The number of hydrogen-bond acceptors (Lipinski definition) is 6. The fraction of sp³-hybridized carbons (Fsp3) is 0.661. The Morgan fingerprint density at radius 1 is 0.355 bits per heavy atom. The van der Waals surface area contributed by atoms with Crippen LogP contribution in [0.15, 0.2) is 97.2 Å². The zero-order valence-electron chi connectivity index (χ0n) is 40.1. The molecule has 0 fully saturated rings. The summed E-state index contributed by atoms with van der Waals surface area (Å²) in [4.78, 5) is 37.9. The van der Waals surface area contributed by atoms with E-state index in [-0.39, 0.29) is 37.5 Å². The van der Waals surface area contributed by atoms with Crippen LogP contribution in [0.4, 0.5) is 0 Å². The minimum atomic E-state index is -0.810. The molecule has 0 aromatic heterocycles. The van der Waals surface area contributed by atoms with E-state index in [1.807, 2.05) is 54.7 Å². The smallest absolute Gasteiger partial charge is 0.306 e. The first-order chi connectivity index (χ1) is 30.5. The molecule has 0 heterocycles. The van der Waals surface area contributed by atoms with E-state index in [2.05, 4.69) is 63.3 Å². The van der Waals surface area contributed by atoms with Crippen LogP contribution in [0, 0.1) is 0 Å². The van der Waals surface area contributed by atoms with E-state index in [9.17, 15) is 14.4 Å². The minimum Gasteiger partial charge on any atom is -0.462 e. The molecule has 0 saturated heterocycles. The maximum atomic E-state index is 12.8. The van der Waals surface area contributed by atoms with Crippen LogP contribution >= 0.6 is 0 Å². The molecule has 0 spiro atoms. The summed E-state index contributed by atoms with van der Waals surface area (Å²) in [5.74, 6) is -0.996. The second-order valence-electron chi connectivity index (χ2n) is 16.4. The van der Waals surface area contributed by atoms with Crippen LogP contribution in [-0.2, 0) is 28.6 Å². The third kappa shape index (κ3) is 47.4.